The van der Waals surface area contributed by atoms with Crippen molar-refractivity contribution < 1.29 is 4.79 Å². The summed E-state index contributed by atoms with van der Waals surface area (Å²) in [5.74, 6) is 0.0256. The molecule has 0 heterocycles. The second-order valence-corrected chi connectivity index (χ2v) is 6.00. The first-order valence-corrected chi connectivity index (χ1v) is 7.33. The van der Waals surface area contributed by atoms with Gasteiger partial charge in [-0.05, 0) is 43.0 Å². The number of carbonyl (C=O) groups excluding carboxylic acids is 1. The molecule has 3 nitrogen and oxygen atoms in total. The summed E-state index contributed by atoms with van der Waals surface area (Å²) in [4.78, 5) is 12.7. The smallest absolute Gasteiger partial charge is 0.235 e. The first kappa shape index (κ1) is 14.0. The van der Waals surface area contributed by atoms with Crippen molar-refractivity contribution in [3.05, 3.63) is 58.6 Å². The van der Waals surface area contributed by atoms with Crippen LogP contribution in [0.4, 0.5) is 11.4 Å². The molecule has 0 saturated heterocycles. The van der Waals surface area contributed by atoms with E-state index in [1.165, 1.54) is 0 Å². The predicted octanol–water partition coefficient (Wildman–Crippen LogP) is 3.90. The number of carbonyl (C=O) groups is 1. The number of hydrogen-bond donors (Lipinski definition) is 2. The Morgan fingerprint density at radius 1 is 1.24 bits per heavy atom. The zero-order valence-electron chi connectivity index (χ0n) is 11.8. The van der Waals surface area contributed by atoms with Gasteiger partial charge in [-0.1, -0.05) is 41.9 Å². The number of aryl methyl sites for hydroxylation is 1. The summed E-state index contributed by atoms with van der Waals surface area (Å²) in [6.07, 6.45) is 1.76. The third-order valence-corrected chi connectivity index (χ3v) is 4.43. The monoisotopic (exact) mass is 300 g/mol. The molecule has 4 heteroatoms. The van der Waals surface area contributed by atoms with Crippen LogP contribution in [0.15, 0.2) is 42.5 Å². The standard InChI is InChI=1S/C17H17ClN2O/c1-11-9-14(19)13(18)10-15(11)20-16(21)17(7-8-17)12-5-3-2-4-6-12/h2-6,9-10H,7-8,19H2,1H3,(H,20,21). The van der Waals surface area contributed by atoms with Gasteiger partial charge in [-0.2, -0.15) is 0 Å². The summed E-state index contributed by atoms with van der Waals surface area (Å²) >= 11 is 6.04. The van der Waals surface area contributed by atoms with E-state index in [1.54, 1.807) is 12.1 Å². The molecule has 0 atom stereocenters. The highest BCUT2D eigenvalue weighted by molar-refractivity contribution is 6.33. The second kappa shape index (κ2) is 5.08. The van der Waals surface area contributed by atoms with Gasteiger partial charge in [0, 0.05) is 5.69 Å². The number of anilines is 2. The highest BCUT2D eigenvalue weighted by atomic mass is 35.5. The number of nitrogens with two attached hydrogens (primary N) is 1. The lowest BCUT2D eigenvalue weighted by molar-refractivity contribution is -0.118. The molecule has 2 aromatic rings. The van der Waals surface area contributed by atoms with Gasteiger partial charge in [0.05, 0.1) is 16.1 Å². The summed E-state index contributed by atoms with van der Waals surface area (Å²) in [5.41, 5.74) is 8.61. The first-order valence-electron chi connectivity index (χ1n) is 6.95. The molecule has 1 fully saturated rings. The molecule has 0 aliphatic heterocycles. The Morgan fingerprint density at radius 2 is 1.90 bits per heavy atom. The Morgan fingerprint density at radius 3 is 2.52 bits per heavy atom. The van der Waals surface area contributed by atoms with Crippen molar-refractivity contribution in [2.75, 3.05) is 11.1 Å². The van der Waals surface area contributed by atoms with Gasteiger partial charge in [-0.3, -0.25) is 4.79 Å². The van der Waals surface area contributed by atoms with Crippen LogP contribution >= 0.6 is 11.6 Å². The molecule has 3 rings (SSSR count). The van der Waals surface area contributed by atoms with Gasteiger partial charge < -0.3 is 11.1 Å². The Labute approximate surface area is 129 Å². The maximum absolute atomic E-state index is 12.7. The Balaban J connectivity index is 1.86. The second-order valence-electron chi connectivity index (χ2n) is 5.59. The summed E-state index contributed by atoms with van der Waals surface area (Å²) in [7, 11) is 0. The van der Waals surface area contributed by atoms with Gasteiger partial charge in [-0.15, -0.1) is 0 Å². The van der Waals surface area contributed by atoms with Crippen LogP contribution in [-0.4, -0.2) is 5.91 Å². The minimum atomic E-state index is -0.387. The maximum Gasteiger partial charge on any atom is 0.235 e. The number of nitrogen functional groups attached to an aromatic ring is 1. The zero-order chi connectivity index (χ0) is 15.0. The fourth-order valence-corrected chi connectivity index (χ4v) is 2.77. The van der Waals surface area contributed by atoms with Gasteiger partial charge in [-0.25, -0.2) is 0 Å². The fraction of sp³-hybridized carbons (Fsp3) is 0.235. The van der Waals surface area contributed by atoms with Crippen molar-refractivity contribution in [1.29, 1.82) is 0 Å². The van der Waals surface area contributed by atoms with Crippen LogP contribution in [-0.2, 0) is 10.2 Å². The molecule has 1 aliphatic carbocycles. The normalized spacial score (nSPS) is 15.5. The average molecular weight is 301 g/mol. The van der Waals surface area contributed by atoms with Crippen LogP contribution in [0.2, 0.25) is 5.02 Å². The van der Waals surface area contributed by atoms with E-state index in [0.717, 1.165) is 29.7 Å². The number of amides is 1. The number of halogens is 1. The van der Waals surface area contributed by atoms with Crippen molar-refractivity contribution in [2.45, 2.75) is 25.2 Å². The number of hydrogen-bond acceptors (Lipinski definition) is 2. The van der Waals surface area contributed by atoms with E-state index in [1.807, 2.05) is 37.3 Å². The zero-order valence-corrected chi connectivity index (χ0v) is 12.6. The van der Waals surface area contributed by atoms with Gasteiger partial charge in [0.25, 0.3) is 0 Å². The van der Waals surface area contributed by atoms with E-state index >= 15 is 0 Å². The van der Waals surface area contributed by atoms with Gasteiger partial charge in [0.1, 0.15) is 0 Å². The minimum Gasteiger partial charge on any atom is -0.398 e. The van der Waals surface area contributed by atoms with Crippen molar-refractivity contribution in [2.24, 2.45) is 0 Å². The third-order valence-electron chi connectivity index (χ3n) is 4.10. The first-order chi connectivity index (χ1) is 10.0. The summed E-state index contributed by atoms with van der Waals surface area (Å²) in [6.45, 7) is 1.91. The molecule has 3 N–H and O–H groups in total. The third kappa shape index (κ3) is 2.49. The molecular formula is C17H17ClN2O. The molecule has 1 saturated carbocycles. The number of benzene rings is 2. The molecule has 0 unspecified atom stereocenters. The Kier molecular flexibility index (Phi) is 3.38. The van der Waals surface area contributed by atoms with E-state index in [-0.39, 0.29) is 11.3 Å². The number of rotatable bonds is 3. The molecule has 1 aliphatic rings. The van der Waals surface area contributed by atoms with E-state index < -0.39 is 0 Å². The van der Waals surface area contributed by atoms with Gasteiger partial charge >= 0.3 is 0 Å². The van der Waals surface area contributed by atoms with Crippen LogP contribution in [0.25, 0.3) is 0 Å². The maximum atomic E-state index is 12.7. The highest BCUT2D eigenvalue weighted by Gasteiger charge is 2.51. The van der Waals surface area contributed by atoms with Crippen LogP contribution < -0.4 is 11.1 Å². The SMILES string of the molecule is Cc1cc(N)c(Cl)cc1NC(=O)C1(c2ccccc2)CC1. The van der Waals surface area contributed by atoms with Crippen molar-refractivity contribution >= 4 is 28.9 Å². The van der Waals surface area contributed by atoms with Crippen LogP contribution in [0, 0.1) is 6.92 Å². The molecule has 0 bridgehead atoms. The molecule has 2 aromatic carbocycles. The predicted molar refractivity (Wildman–Crippen MR) is 86.6 cm³/mol. The van der Waals surface area contributed by atoms with E-state index in [2.05, 4.69) is 5.32 Å². The lowest BCUT2D eigenvalue weighted by Crippen LogP contribution is -2.28. The molecule has 1 amide bonds. The van der Waals surface area contributed by atoms with Crippen molar-refractivity contribution in [3.8, 4) is 0 Å². The van der Waals surface area contributed by atoms with Gasteiger partial charge in [0.2, 0.25) is 5.91 Å². The van der Waals surface area contributed by atoms with E-state index in [0.29, 0.717) is 10.7 Å². The Hall–Kier alpha value is -2.00. The largest absolute Gasteiger partial charge is 0.398 e. The average Bonchev–Trinajstić information content (AvgIpc) is 3.27. The molecule has 0 spiro atoms. The number of nitrogens with one attached hydrogen (secondary N) is 1. The molecule has 0 radical (unpaired) electrons. The quantitative estimate of drug-likeness (QED) is 0.845. The lowest BCUT2D eigenvalue weighted by atomic mass is 9.95. The van der Waals surface area contributed by atoms with Gasteiger partial charge in [0.15, 0.2) is 0 Å². The Bertz CT molecular complexity index is 693. The minimum absolute atomic E-state index is 0.0256. The van der Waals surface area contributed by atoms with Crippen molar-refractivity contribution in [3.63, 3.8) is 0 Å². The summed E-state index contributed by atoms with van der Waals surface area (Å²) in [6, 6.07) is 13.4. The molecule has 21 heavy (non-hydrogen) atoms. The fourth-order valence-electron chi connectivity index (χ4n) is 2.61. The molecule has 108 valence electrons. The topological polar surface area (TPSA) is 55.1 Å². The summed E-state index contributed by atoms with van der Waals surface area (Å²) in [5, 5.41) is 3.46. The van der Waals surface area contributed by atoms with Crippen LogP contribution in [0.3, 0.4) is 0 Å². The summed E-state index contributed by atoms with van der Waals surface area (Å²) < 4.78 is 0. The van der Waals surface area contributed by atoms with E-state index in [4.69, 9.17) is 17.3 Å². The lowest BCUT2D eigenvalue weighted by Gasteiger charge is -2.17. The molecule has 0 aromatic heterocycles. The van der Waals surface area contributed by atoms with Crippen LogP contribution in [0.1, 0.15) is 24.0 Å². The highest BCUT2D eigenvalue weighted by Crippen LogP contribution is 2.49. The van der Waals surface area contributed by atoms with Crippen LogP contribution in [0.5, 0.6) is 0 Å². The van der Waals surface area contributed by atoms with Crippen molar-refractivity contribution in [1.82, 2.24) is 0 Å². The van der Waals surface area contributed by atoms with E-state index in [9.17, 15) is 4.79 Å². The molecular weight excluding hydrogens is 284 g/mol.